The molecule has 0 radical (unpaired) electrons. The van der Waals surface area contributed by atoms with Crippen LogP contribution in [0.2, 0.25) is 5.02 Å². The van der Waals surface area contributed by atoms with E-state index in [1.54, 1.807) is 24.3 Å². The second kappa shape index (κ2) is 9.00. The van der Waals surface area contributed by atoms with Gasteiger partial charge in [0.25, 0.3) is 5.69 Å². The molecule has 0 saturated carbocycles. The first-order valence-corrected chi connectivity index (χ1v) is 10.9. The molecule has 1 aliphatic heterocycles. The van der Waals surface area contributed by atoms with E-state index >= 15 is 0 Å². The first-order chi connectivity index (χ1) is 13.3. The smallest absolute Gasteiger partial charge is 0.269 e. The summed E-state index contributed by atoms with van der Waals surface area (Å²) in [5.74, 6) is 0. The van der Waals surface area contributed by atoms with E-state index in [0.29, 0.717) is 24.5 Å². The minimum Gasteiger partial charge on any atom is -0.299 e. The molecule has 0 amide bonds. The molecule has 0 aromatic heterocycles. The van der Waals surface area contributed by atoms with Crippen molar-refractivity contribution in [2.45, 2.75) is 30.7 Å². The number of non-ortho nitro benzene ring substituents is 1. The number of hydrogen-bond donors (Lipinski definition) is 1. The maximum atomic E-state index is 12.2. The number of hydrogen-bond acceptors (Lipinski definition) is 5. The second-order valence-electron chi connectivity index (χ2n) is 6.80. The number of nitrogens with one attached hydrogen (secondary N) is 1. The largest absolute Gasteiger partial charge is 0.299 e. The fourth-order valence-corrected chi connectivity index (χ4v) is 4.67. The number of fused-ring (bicyclic) bond motifs is 1. The molecule has 0 atom stereocenters. The van der Waals surface area contributed by atoms with Gasteiger partial charge in [-0.25, -0.2) is 13.1 Å². The van der Waals surface area contributed by atoms with E-state index in [2.05, 4.69) is 9.62 Å². The molecule has 0 aliphatic carbocycles. The van der Waals surface area contributed by atoms with Crippen LogP contribution in [0.3, 0.4) is 0 Å². The number of unbranched alkanes of at least 4 members (excludes halogenated alkanes) is 1. The zero-order valence-corrected chi connectivity index (χ0v) is 16.9. The van der Waals surface area contributed by atoms with Crippen molar-refractivity contribution in [3.8, 4) is 0 Å². The number of nitro groups is 1. The summed E-state index contributed by atoms with van der Waals surface area (Å²) in [4.78, 5) is 13.0. The van der Waals surface area contributed by atoms with Gasteiger partial charge in [-0.3, -0.25) is 15.0 Å². The highest BCUT2D eigenvalue weighted by Gasteiger charge is 2.19. The van der Waals surface area contributed by atoms with Crippen LogP contribution in [0, 0.1) is 10.1 Å². The molecule has 0 saturated heterocycles. The molecule has 2 aromatic carbocycles. The molecule has 3 rings (SSSR count). The third-order valence-electron chi connectivity index (χ3n) is 4.79. The van der Waals surface area contributed by atoms with Gasteiger partial charge in [-0.15, -0.1) is 0 Å². The molecular weight excluding hydrogens is 402 g/mol. The SMILES string of the molecule is O=[N+]([O-])c1ccc2c(c1)CN(CCCCNS(=O)(=O)c1cccc(Cl)c1)CC2. The zero-order valence-electron chi connectivity index (χ0n) is 15.3. The highest BCUT2D eigenvalue weighted by molar-refractivity contribution is 7.89. The lowest BCUT2D eigenvalue weighted by molar-refractivity contribution is -0.385. The number of halogens is 1. The van der Waals surface area contributed by atoms with Crippen molar-refractivity contribution in [3.63, 3.8) is 0 Å². The van der Waals surface area contributed by atoms with Crippen molar-refractivity contribution in [2.24, 2.45) is 0 Å². The van der Waals surface area contributed by atoms with Crippen molar-refractivity contribution in [3.05, 3.63) is 68.7 Å². The Bertz CT molecular complexity index is 965. The predicted octanol–water partition coefficient (Wildman–Crippen LogP) is 3.37. The lowest BCUT2D eigenvalue weighted by Gasteiger charge is -2.28. The number of nitro benzene ring substituents is 1. The van der Waals surface area contributed by atoms with Gasteiger partial charge in [0.1, 0.15) is 0 Å². The van der Waals surface area contributed by atoms with Gasteiger partial charge in [-0.1, -0.05) is 23.7 Å². The van der Waals surface area contributed by atoms with Crippen LogP contribution in [0.25, 0.3) is 0 Å². The molecule has 7 nitrogen and oxygen atoms in total. The fourth-order valence-electron chi connectivity index (χ4n) is 3.29. The molecule has 1 aliphatic rings. The van der Waals surface area contributed by atoms with Gasteiger partial charge >= 0.3 is 0 Å². The van der Waals surface area contributed by atoms with Crippen molar-refractivity contribution in [2.75, 3.05) is 19.6 Å². The van der Waals surface area contributed by atoms with Crippen molar-refractivity contribution in [1.29, 1.82) is 0 Å². The molecule has 1 N–H and O–H groups in total. The van der Waals surface area contributed by atoms with Crippen molar-refractivity contribution < 1.29 is 13.3 Å². The van der Waals surface area contributed by atoms with Gasteiger partial charge in [0.15, 0.2) is 0 Å². The lowest BCUT2D eigenvalue weighted by Crippen LogP contribution is -2.32. The third-order valence-corrected chi connectivity index (χ3v) is 6.49. The average molecular weight is 424 g/mol. The summed E-state index contributed by atoms with van der Waals surface area (Å²) in [5.41, 5.74) is 2.29. The molecular formula is C19H22ClN3O4S. The summed E-state index contributed by atoms with van der Waals surface area (Å²) in [7, 11) is -3.55. The third kappa shape index (κ3) is 5.29. The molecule has 1 heterocycles. The minimum atomic E-state index is -3.55. The molecule has 0 spiro atoms. The van der Waals surface area contributed by atoms with Crippen molar-refractivity contribution in [1.82, 2.24) is 9.62 Å². The topological polar surface area (TPSA) is 92.6 Å². The number of sulfonamides is 1. The Balaban J connectivity index is 1.45. The quantitative estimate of drug-likeness (QED) is 0.399. The summed E-state index contributed by atoms with van der Waals surface area (Å²) in [6.07, 6.45) is 2.41. The van der Waals surface area contributed by atoms with E-state index < -0.39 is 10.0 Å². The van der Waals surface area contributed by atoms with Gasteiger partial charge in [0, 0.05) is 36.8 Å². The molecule has 2 aromatic rings. The first-order valence-electron chi connectivity index (χ1n) is 9.09. The molecule has 0 unspecified atom stereocenters. The van der Waals surface area contributed by atoms with E-state index in [1.165, 1.54) is 12.1 Å². The normalized spacial score (nSPS) is 14.6. The van der Waals surface area contributed by atoms with Gasteiger partial charge in [-0.05, 0) is 55.1 Å². The minimum absolute atomic E-state index is 0.121. The van der Waals surface area contributed by atoms with Crippen LogP contribution in [-0.4, -0.2) is 37.9 Å². The maximum Gasteiger partial charge on any atom is 0.269 e. The standard InChI is InChI=1S/C19H22ClN3O4S/c20-17-4-3-5-19(13-17)28(26,27)21-9-1-2-10-22-11-8-15-6-7-18(23(24)25)12-16(15)14-22/h3-7,12-13,21H,1-2,8-11,14H2. The fraction of sp³-hybridized carbons (Fsp3) is 0.368. The van der Waals surface area contributed by atoms with E-state index in [1.807, 2.05) is 6.07 Å². The van der Waals surface area contributed by atoms with Crippen molar-refractivity contribution >= 4 is 27.3 Å². The molecule has 28 heavy (non-hydrogen) atoms. The second-order valence-corrected chi connectivity index (χ2v) is 9.00. The number of rotatable bonds is 8. The lowest BCUT2D eigenvalue weighted by atomic mass is 9.99. The summed E-state index contributed by atoms with van der Waals surface area (Å²) in [6.45, 7) is 2.76. The summed E-state index contributed by atoms with van der Waals surface area (Å²) in [6, 6.07) is 11.2. The molecule has 9 heteroatoms. The summed E-state index contributed by atoms with van der Waals surface area (Å²) < 4.78 is 27.1. The Labute approximate surface area is 169 Å². The maximum absolute atomic E-state index is 12.2. The van der Waals surface area contributed by atoms with E-state index in [-0.39, 0.29) is 15.5 Å². The van der Waals surface area contributed by atoms with Gasteiger partial charge in [-0.2, -0.15) is 0 Å². The van der Waals surface area contributed by atoms with E-state index in [4.69, 9.17) is 11.6 Å². The summed E-state index contributed by atoms with van der Waals surface area (Å²) in [5, 5.41) is 11.3. The zero-order chi connectivity index (χ0) is 20.1. The molecule has 150 valence electrons. The van der Waals surface area contributed by atoms with Crippen LogP contribution in [-0.2, 0) is 23.0 Å². The number of nitrogens with zero attached hydrogens (tertiary/aromatic N) is 2. The van der Waals surface area contributed by atoms with Gasteiger partial charge < -0.3 is 0 Å². The van der Waals surface area contributed by atoms with E-state index in [9.17, 15) is 18.5 Å². The predicted molar refractivity (Wildman–Crippen MR) is 108 cm³/mol. The Morgan fingerprint density at radius 3 is 2.71 bits per heavy atom. The van der Waals surface area contributed by atoms with Crippen LogP contribution >= 0.6 is 11.6 Å². The highest BCUT2D eigenvalue weighted by atomic mass is 35.5. The van der Waals surface area contributed by atoms with Crippen LogP contribution in [0.5, 0.6) is 0 Å². The monoisotopic (exact) mass is 423 g/mol. The average Bonchev–Trinajstić information content (AvgIpc) is 2.67. The summed E-state index contributed by atoms with van der Waals surface area (Å²) >= 11 is 5.85. The van der Waals surface area contributed by atoms with Crippen LogP contribution in [0.15, 0.2) is 47.4 Å². The Hall–Kier alpha value is -2.00. The van der Waals surface area contributed by atoms with Crippen LogP contribution in [0.1, 0.15) is 24.0 Å². The highest BCUT2D eigenvalue weighted by Crippen LogP contribution is 2.24. The number of benzene rings is 2. The molecule has 0 bridgehead atoms. The van der Waals surface area contributed by atoms with E-state index in [0.717, 1.165) is 37.1 Å². The Morgan fingerprint density at radius 1 is 1.14 bits per heavy atom. The first kappa shape index (κ1) is 20.7. The van der Waals surface area contributed by atoms with Gasteiger partial charge in [0.05, 0.1) is 9.82 Å². The molecule has 0 fully saturated rings. The van der Waals surface area contributed by atoms with Crippen LogP contribution < -0.4 is 4.72 Å². The van der Waals surface area contributed by atoms with Gasteiger partial charge in [0.2, 0.25) is 10.0 Å². The van der Waals surface area contributed by atoms with Crippen LogP contribution in [0.4, 0.5) is 5.69 Å². The Morgan fingerprint density at radius 2 is 1.96 bits per heavy atom. The Kier molecular flexibility index (Phi) is 6.66.